The van der Waals surface area contributed by atoms with Crippen molar-refractivity contribution in [2.45, 2.75) is 19.9 Å². The van der Waals surface area contributed by atoms with E-state index in [2.05, 4.69) is 5.32 Å². The second-order valence-electron chi connectivity index (χ2n) is 4.74. The Bertz CT molecular complexity index is 624. The second-order valence-corrected chi connectivity index (χ2v) is 4.74. The fourth-order valence-corrected chi connectivity index (χ4v) is 2.09. The number of hydrogen-bond acceptors (Lipinski definition) is 3. The van der Waals surface area contributed by atoms with Crippen LogP contribution in [-0.4, -0.2) is 11.0 Å². The molecule has 2 aromatic carbocycles. The van der Waals surface area contributed by atoms with Crippen LogP contribution in [0.1, 0.15) is 16.7 Å². The third-order valence-electron chi connectivity index (χ3n) is 3.17. The van der Waals surface area contributed by atoms with Gasteiger partial charge in [0.05, 0.1) is 6.42 Å². The third kappa shape index (κ3) is 3.29. The molecule has 0 unspecified atom stereocenters. The van der Waals surface area contributed by atoms with Crippen LogP contribution in [0, 0.1) is 6.92 Å². The minimum atomic E-state index is -0.363. The van der Waals surface area contributed by atoms with Gasteiger partial charge in [0.1, 0.15) is 5.75 Å². The lowest BCUT2D eigenvalue weighted by molar-refractivity contribution is -0.117. The lowest BCUT2D eigenvalue weighted by atomic mass is 10.1. The molecule has 1 amide bonds. The normalized spacial score (nSPS) is 10.2. The Morgan fingerprint density at radius 3 is 2.60 bits per heavy atom. The number of nitrogens with one attached hydrogen (secondary N) is 1. The predicted molar refractivity (Wildman–Crippen MR) is 79.5 cm³/mol. The zero-order valence-corrected chi connectivity index (χ0v) is 11.4. The summed E-state index contributed by atoms with van der Waals surface area (Å²) in [5, 5.41) is 13.2. The molecule has 0 bridgehead atoms. The largest absolute Gasteiger partial charge is 0.507 e. The second kappa shape index (κ2) is 6.10. The van der Waals surface area contributed by atoms with Crippen molar-refractivity contribution in [2.75, 3.05) is 5.32 Å². The molecule has 0 radical (unpaired) electrons. The number of rotatable bonds is 5. The SMILES string of the molecule is Cc1cccc(CNc2ccccc2CC(N)=O)c1O. The minimum Gasteiger partial charge on any atom is -0.507 e. The van der Waals surface area contributed by atoms with Gasteiger partial charge in [-0.15, -0.1) is 0 Å². The standard InChI is InChI=1S/C16H18N2O2/c1-11-5-4-7-13(16(11)20)10-18-14-8-3-2-6-12(14)9-15(17)19/h2-8,18,20H,9-10H2,1H3,(H2,17,19). The molecule has 0 saturated heterocycles. The summed E-state index contributed by atoms with van der Waals surface area (Å²) >= 11 is 0. The maximum atomic E-state index is 11.0. The first-order chi connectivity index (χ1) is 9.58. The van der Waals surface area contributed by atoms with E-state index in [0.29, 0.717) is 12.3 Å². The van der Waals surface area contributed by atoms with Crippen LogP contribution < -0.4 is 11.1 Å². The monoisotopic (exact) mass is 270 g/mol. The molecule has 104 valence electrons. The molecule has 0 aliphatic rings. The summed E-state index contributed by atoms with van der Waals surface area (Å²) in [6.45, 7) is 2.35. The molecular formula is C16H18N2O2. The maximum Gasteiger partial charge on any atom is 0.221 e. The van der Waals surface area contributed by atoms with Gasteiger partial charge in [0, 0.05) is 17.8 Å². The molecule has 0 aliphatic carbocycles. The maximum absolute atomic E-state index is 11.0. The van der Waals surface area contributed by atoms with Crippen LogP contribution in [0.5, 0.6) is 5.75 Å². The lowest BCUT2D eigenvalue weighted by Gasteiger charge is -2.12. The van der Waals surface area contributed by atoms with E-state index in [-0.39, 0.29) is 12.3 Å². The quantitative estimate of drug-likeness (QED) is 0.780. The van der Waals surface area contributed by atoms with E-state index in [1.807, 2.05) is 49.4 Å². The highest BCUT2D eigenvalue weighted by atomic mass is 16.3. The van der Waals surface area contributed by atoms with Gasteiger partial charge < -0.3 is 16.2 Å². The van der Waals surface area contributed by atoms with Gasteiger partial charge >= 0.3 is 0 Å². The molecule has 0 atom stereocenters. The van der Waals surface area contributed by atoms with E-state index < -0.39 is 0 Å². The molecule has 0 saturated carbocycles. The molecule has 0 aliphatic heterocycles. The molecule has 20 heavy (non-hydrogen) atoms. The van der Waals surface area contributed by atoms with E-state index >= 15 is 0 Å². The van der Waals surface area contributed by atoms with Crippen LogP contribution in [-0.2, 0) is 17.8 Å². The van der Waals surface area contributed by atoms with E-state index in [0.717, 1.165) is 22.4 Å². The molecule has 0 spiro atoms. The van der Waals surface area contributed by atoms with E-state index in [1.165, 1.54) is 0 Å². The number of para-hydroxylation sites is 2. The predicted octanol–water partition coefficient (Wildman–Crippen LogP) is 2.34. The molecule has 0 fully saturated rings. The van der Waals surface area contributed by atoms with Gasteiger partial charge in [0.15, 0.2) is 0 Å². The zero-order chi connectivity index (χ0) is 14.5. The highest BCUT2D eigenvalue weighted by Gasteiger charge is 2.07. The first-order valence-electron chi connectivity index (χ1n) is 6.45. The van der Waals surface area contributed by atoms with Crippen molar-refractivity contribution < 1.29 is 9.90 Å². The van der Waals surface area contributed by atoms with E-state index in [4.69, 9.17) is 5.73 Å². The molecule has 0 heterocycles. The highest BCUT2D eigenvalue weighted by molar-refractivity contribution is 5.78. The van der Waals surface area contributed by atoms with Crippen molar-refractivity contribution >= 4 is 11.6 Å². The summed E-state index contributed by atoms with van der Waals surface area (Å²) in [6.07, 6.45) is 0.197. The van der Waals surface area contributed by atoms with Crippen molar-refractivity contribution in [1.29, 1.82) is 0 Å². The summed E-state index contributed by atoms with van der Waals surface area (Å²) in [4.78, 5) is 11.0. The third-order valence-corrected chi connectivity index (χ3v) is 3.17. The Morgan fingerprint density at radius 2 is 1.85 bits per heavy atom. The topological polar surface area (TPSA) is 75.3 Å². The summed E-state index contributed by atoms with van der Waals surface area (Å²) in [7, 11) is 0. The number of hydrogen-bond donors (Lipinski definition) is 3. The van der Waals surface area contributed by atoms with Crippen LogP contribution in [0.3, 0.4) is 0 Å². The van der Waals surface area contributed by atoms with Crippen LogP contribution >= 0.6 is 0 Å². The number of aromatic hydroxyl groups is 1. The Morgan fingerprint density at radius 1 is 1.15 bits per heavy atom. The molecule has 0 aromatic heterocycles. The Hall–Kier alpha value is -2.49. The summed E-state index contributed by atoms with van der Waals surface area (Å²) in [5.41, 5.74) is 8.61. The number of nitrogens with two attached hydrogens (primary N) is 1. The summed E-state index contributed by atoms with van der Waals surface area (Å²) < 4.78 is 0. The number of carbonyl (C=O) groups excluding carboxylic acids is 1. The molecule has 2 rings (SSSR count). The molecule has 4 nitrogen and oxygen atoms in total. The lowest BCUT2D eigenvalue weighted by Crippen LogP contribution is -2.15. The molecular weight excluding hydrogens is 252 g/mol. The Balaban J connectivity index is 2.15. The van der Waals surface area contributed by atoms with Gasteiger partial charge in [-0.2, -0.15) is 0 Å². The number of aryl methyl sites for hydroxylation is 1. The van der Waals surface area contributed by atoms with Crippen molar-refractivity contribution in [3.8, 4) is 5.75 Å². The van der Waals surface area contributed by atoms with Crippen LogP contribution in [0.15, 0.2) is 42.5 Å². The number of phenolic OH excluding ortho intramolecular Hbond substituents is 1. The smallest absolute Gasteiger partial charge is 0.221 e. The Kier molecular flexibility index (Phi) is 4.25. The first-order valence-corrected chi connectivity index (χ1v) is 6.45. The number of primary amides is 1. The number of phenols is 1. The highest BCUT2D eigenvalue weighted by Crippen LogP contribution is 2.23. The van der Waals surface area contributed by atoms with Crippen molar-refractivity contribution in [1.82, 2.24) is 0 Å². The average molecular weight is 270 g/mol. The molecule has 4 N–H and O–H groups in total. The summed E-state index contributed by atoms with van der Waals surface area (Å²) in [6, 6.07) is 13.2. The van der Waals surface area contributed by atoms with Gasteiger partial charge in [-0.25, -0.2) is 0 Å². The first kappa shape index (κ1) is 13.9. The molecule has 2 aromatic rings. The molecule has 4 heteroatoms. The van der Waals surface area contributed by atoms with Crippen LogP contribution in [0.4, 0.5) is 5.69 Å². The van der Waals surface area contributed by atoms with Gasteiger partial charge in [-0.1, -0.05) is 36.4 Å². The van der Waals surface area contributed by atoms with Gasteiger partial charge in [-0.3, -0.25) is 4.79 Å². The van der Waals surface area contributed by atoms with Crippen molar-refractivity contribution in [3.05, 3.63) is 59.2 Å². The number of amides is 1. The van der Waals surface area contributed by atoms with Gasteiger partial charge in [0.2, 0.25) is 5.91 Å². The fraction of sp³-hybridized carbons (Fsp3) is 0.188. The van der Waals surface area contributed by atoms with Gasteiger partial charge in [0.25, 0.3) is 0 Å². The van der Waals surface area contributed by atoms with Gasteiger partial charge in [-0.05, 0) is 24.1 Å². The average Bonchev–Trinajstić information content (AvgIpc) is 2.41. The van der Waals surface area contributed by atoms with E-state index in [1.54, 1.807) is 0 Å². The zero-order valence-electron chi connectivity index (χ0n) is 11.4. The van der Waals surface area contributed by atoms with E-state index in [9.17, 15) is 9.90 Å². The number of carbonyl (C=O) groups is 1. The number of anilines is 1. The van der Waals surface area contributed by atoms with Crippen molar-refractivity contribution in [2.24, 2.45) is 5.73 Å². The number of benzene rings is 2. The van der Waals surface area contributed by atoms with Crippen LogP contribution in [0.2, 0.25) is 0 Å². The Labute approximate surface area is 118 Å². The fourth-order valence-electron chi connectivity index (χ4n) is 2.09. The minimum absolute atomic E-state index is 0.197. The van der Waals surface area contributed by atoms with Crippen molar-refractivity contribution in [3.63, 3.8) is 0 Å². The summed E-state index contributed by atoms with van der Waals surface area (Å²) in [5.74, 6) is -0.0648. The van der Waals surface area contributed by atoms with Crippen LogP contribution in [0.25, 0.3) is 0 Å².